The summed E-state index contributed by atoms with van der Waals surface area (Å²) in [5.41, 5.74) is 1.63. The number of hydrogen-bond donors (Lipinski definition) is 1. The number of ether oxygens (including phenoxy) is 2. The molecule has 2 saturated heterocycles. The first-order chi connectivity index (χ1) is 13.6. The van der Waals surface area contributed by atoms with E-state index in [9.17, 15) is 4.79 Å². The molecule has 0 unspecified atom stereocenters. The van der Waals surface area contributed by atoms with E-state index in [4.69, 9.17) is 9.47 Å². The fraction of sp³-hybridized carbons (Fsp3) is 0.524. The van der Waals surface area contributed by atoms with E-state index >= 15 is 0 Å². The van der Waals surface area contributed by atoms with E-state index in [1.54, 1.807) is 24.1 Å². The van der Waals surface area contributed by atoms with E-state index in [2.05, 4.69) is 10.4 Å². The maximum atomic E-state index is 13.0. The predicted molar refractivity (Wildman–Crippen MR) is 106 cm³/mol. The molecule has 1 aromatic carbocycles. The van der Waals surface area contributed by atoms with Gasteiger partial charge in [0.2, 0.25) is 0 Å². The van der Waals surface area contributed by atoms with E-state index < -0.39 is 0 Å². The quantitative estimate of drug-likeness (QED) is 0.855. The summed E-state index contributed by atoms with van der Waals surface area (Å²) in [6.45, 7) is 4.22. The van der Waals surface area contributed by atoms with Crippen LogP contribution in [0, 0.1) is 11.8 Å². The maximum absolute atomic E-state index is 13.0. The third-order valence-corrected chi connectivity index (χ3v) is 5.87. The Labute approximate surface area is 165 Å². The van der Waals surface area contributed by atoms with Crippen molar-refractivity contribution >= 4 is 5.91 Å². The number of aryl methyl sites for hydroxylation is 1. The number of hydrogen-bond acceptors (Lipinski definition) is 5. The first-order valence-electron chi connectivity index (χ1n) is 9.92. The minimum absolute atomic E-state index is 0.0741. The Morgan fingerprint density at radius 2 is 1.96 bits per heavy atom. The first kappa shape index (κ1) is 18.8. The van der Waals surface area contributed by atoms with Gasteiger partial charge in [-0.3, -0.25) is 9.48 Å². The van der Waals surface area contributed by atoms with Crippen LogP contribution in [0.5, 0.6) is 11.5 Å². The highest BCUT2D eigenvalue weighted by atomic mass is 16.5. The van der Waals surface area contributed by atoms with Crippen molar-refractivity contribution in [1.82, 2.24) is 20.0 Å². The molecule has 28 heavy (non-hydrogen) atoms. The third-order valence-electron chi connectivity index (χ3n) is 5.87. The lowest BCUT2D eigenvalue weighted by Crippen LogP contribution is -2.32. The predicted octanol–water partition coefficient (Wildman–Crippen LogP) is 2.08. The minimum Gasteiger partial charge on any atom is -0.493 e. The Morgan fingerprint density at radius 3 is 2.61 bits per heavy atom. The number of likely N-dealkylation sites (tertiary alicyclic amines) is 1. The Kier molecular flexibility index (Phi) is 5.52. The molecular weight excluding hydrogens is 356 g/mol. The number of fused-ring (bicyclic) bond motifs is 1. The molecule has 4 rings (SSSR count). The molecule has 0 radical (unpaired) electrons. The second-order valence-corrected chi connectivity index (χ2v) is 7.72. The molecule has 2 aromatic rings. The van der Waals surface area contributed by atoms with Crippen molar-refractivity contribution in [3.63, 3.8) is 0 Å². The maximum Gasteiger partial charge on any atom is 0.253 e. The largest absolute Gasteiger partial charge is 0.493 e. The number of rotatable bonds is 5. The monoisotopic (exact) mass is 384 g/mol. The van der Waals surface area contributed by atoms with Crippen LogP contribution in [0.25, 0.3) is 0 Å². The number of amides is 1. The summed E-state index contributed by atoms with van der Waals surface area (Å²) in [6.07, 6.45) is 5.84. The van der Waals surface area contributed by atoms with E-state index in [1.807, 2.05) is 30.3 Å². The summed E-state index contributed by atoms with van der Waals surface area (Å²) < 4.78 is 13.1. The van der Waals surface area contributed by atoms with Gasteiger partial charge in [-0.25, -0.2) is 0 Å². The van der Waals surface area contributed by atoms with E-state index in [0.717, 1.165) is 44.6 Å². The molecular formula is C21H28N4O3. The van der Waals surface area contributed by atoms with Crippen molar-refractivity contribution in [2.24, 2.45) is 18.9 Å². The van der Waals surface area contributed by atoms with Crippen LogP contribution in [0.1, 0.15) is 28.8 Å². The highest BCUT2D eigenvalue weighted by Gasteiger charge is 2.31. The van der Waals surface area contributed by atoms with Gasteiger partial charge in [-0.2, -0.15) is 5.10 Å². The van der Waals surface area contributed by atoms with Gasteiger partial charge in [-0.05, 0) is 56.0 Å². The SMILES string of the molecule is COc1cc(C(=O)N2CC[C@@H]3CNC[C@@H]3CC2)ccc1OCc1cnn(C)c1. The van der Waals surface area contributed by atoms with E-state index in [1.165, 1.54) is 0 Å². The molecule has 7 heteroatoms. The molecule has 0 saturated carbocycles. The van der Waals surface area contributed by atoms with Gasteiger partial charge in [0.1, 0.15) is 6.61 Å². The summed E-state index contributed by atoms with van der Waals surface area (Å²) in [6, 6.07) is 5.43. The van der Waals surface area contributed by atoms with Gasteiger partial charge in [0.05, 0.1) is 13.3 Å². The van der Waals surface area contributed by atoms with Crippen LogP contribution in [-0.4, -0.2) is 53.9 Å². The first-order valence-corrected chi connectivity index (χ1v) is 9.92. The van der Waals surface area contributed by atoms with Gasteiger partial charge in [0.15, 0.2) is 11.5 Å². The highest BCUT2D eigenvalue weighted by molar-refractivity contribution is 5.95. The van der Waals surface area contributed by atoms with Gasteiger partial charge in [-0.1, -0.05) is 0 Å². The fourth-order valence-corrected chi connectivity index (χ4v) is 4.23. The number of aromatic nitrogens is 2. The molecule has 0 bridgehead atoms. The van der Waals surface area contributed by atoms with Crippen LogP contribution in [0.15, 0.2) is 30.6 Å². The molecule has 2 aliphatic rings. The van der Waals surface area contributed by atoms with Crippen molar-refractivity contribution in [3.05, 3.63) is 41.7 Å². The molecule has 1 amide bonds. The average Bonchev–Trinajstić information content (AvgIpc) is 3.29. The van der Waals surface area contributed by atoms with Gasteiger partial charge in [-0.15, -0.1) is 0 Å². The second-order valence-electron chi connectivity index (χ2n) is 7.72. The topological polar surface area (TPSA) is 68.6 Å². The standard InChI is InChI=1S/C21H28N4O3/c1-24-13-15(10-23-24)14-28-19-4-3-16(9-20(19)27-2)21(26)25-7-5-17-11-22-12-18(17)6-8-25/h3-4,9-10,13,17-18,22H,5-8,11-12,14H2,1-2H3/t17-,18+. The van der Waals surface area contributed by atoms with Crippen molar-refractivity contribution in [3.8, 4) is 11.5 Å². The third kappa shape index (κ3) is 3.99. The molecule has 1 N–H and O–H groups in total. The molecule has 2 atom stereocenters. The molecule has 2 fully saturated rings. The van der Waals surface area contributed by atoms with Gasteiger partial charge >= 0.3 is 0 Å². The minimum atomic E-state index is 0.0741. The van der Waals surface area contributed by atoms with Crippen LogP contribution < -0.4 is 14.8 Å². The van der Waals surface area contributed by atoms with Crippen molar-refractivity contribution < 1.29 is 14.3 Å². The Bertz CT molecular complexity index is 821. The average molecular weight is 384 g/mol. The van der Waals surface area contributed by atoms with Crippen molar-refractivity contribution in [2.45, 2.75) is 19.4 Å². The lowest BCUT2D eigenvalue weighted by Gasteiger charge is -2.21. The summed E-state index contributed by atoms with van der Waals surface area (Å²) in [7, 11) is 3.47. The Hall–Kier alpha value is -2.54. The number of benzene rings is 1. The number of carbonyl (C=O) groups is 1. The summed E-state index contributed by atoms with van der Waals surface area (Å²) in [5, 5.41) is 7.62. The van der Waals surface area contributed by atoms with Crippen LogP contribution in [-0.2, 0) is 13.7 Å². The molecule has 3 heterocycles. The zero-order chi connectivity index (χ0) is 19.5. The lowest BCUT2D eigenvalue weighted by molar-refractivity contribution is 0.0758. The fourth-order valence-electron chi connectivity index (χ4n) is 4.23. The summed E-state index contributed by atoms with van der Waals surface area (Å²) in [5.74, 6) is 2.68. The normalized spacial score (nSPS) is 21.9. The smallest absolute Gasteiger partial charge is 0.253 e. The number of carbonyl (C=O) groups excluding carboxylic acids is 1. The molecule has 0 aliphatic carbocycles. The van der Waals surface area contributed by atoms with Crippen LogP contribution in [0.2, 0.25) is 0 Å². The zero-order valence-electron chi connectivity index (χ0n) is 16.6. The summed E-state index contributed by atoms with van der Waals surface area (Å²) >= 11 is 0. The van der Waals surface area contributed by atoms with Crippen molar-refractivity contribution in [1.29, 1.82) is 0 Å². The summed E-state index contributed by atoms with van der Waals surface area (Å²) in [4.78, 5) is 15.0. The van der Waals surface area contributed by atoms with E-state index in [-0.39, 0.29) is 5.91 Å². The van der Waals surface area contributed by atoms with Crippen LogP contribution in [0.4, 0.5) is 0 Å². The number of methoxy groups -OCH3 is 1. The molecule has 1 aromatic heterocycles. The van der Waals surface area contributed by atoms with Gasteiger partial charge in [0.25, 0.3) is 5.91 Å². The van der Waals surface area contributed by atoms with Crippen LogP contribution >= 0.6 is 0 Å². The van der Waals surface area contributed by atoms with Crippen molar-refractivity contribution in [2.75, 3.05) is 33.3 Å². The number of nitrogens with zero attached hydrogens (tertiary/aromatic N) is 3. The van der Waals surface area contributed by atoms with Gasteiger partial charge in [0, 0.05) is 37.5 Å². The Morgan fingerprint density at radius 1 is 1.21 bits per heavy atom. The van der Waals surface area contributed by atoms with Crippen LogP contribution in [0.3, 0.4) is 0 Å². The zero-order valence-corrected chi connectivity index (χ0v) is 16.6. The molecule has 0 spiro atoms. The second kappa shape index (κ2) is 8.22. The van der Waals surface area contributed by atoms with Gasteiger partial charge < -0.3 is 19.7 Å². The lowest BCUT2D eigenvalue weighted by atomic mass is 9.92. The molecule has 150 valence electrons. The molecule has 2 aliphatic heterocycles. The van der Waals surface area contributed by atoms with E-state index in [0.29, 0.717) is 35.5 Å². The number of nitrogens with one attached hydrogen (secondary N) is 1. The molecule has 7 nitrogen and oxygen atoms in total. The highest BCUT2D eigenvalue weighted by Crippen LogP contribution is 2.31. The Balaban J connectivity index is 1.43.